The average Bonchev–Trinajstić information content (AvgIpc) is 2.72. The Labute approximate surface area is 124 Å². The second kappa shape index (κ2) is 7.97. The number of carbonyl (C=O) groups is 3. The largest absolute Gasteiger partial charge is 0.480 e. The van der Waals surface area contributed by atoms with Gasteiger partial charge in [-0.25, -0.2) is 4.79 Å². The molecule has 1 amide bonds. The van der Waals surface area contributed by atoms with Crippen LogP contribution in [0.15, 0.2) is 0 Å². The molecule has 21 heavy (non-hydrogen) atoms. The van der Waals surface area contributed by atoms with Crippen molar-refractivity contribution in [3.63, 3.8) is 0 Å². The number of ether oxygens (including phenoxy) is 1. The standard InChI is InChI=1S/C14H24N2O5/c1-21-11(17)8-10(12(18)19)16-13(20)14(9-15)6-4-2-3-5-7-14/h10H,2-9,15H2,1H3,(H,16,20)(H,18,19)/t10-/m0/s1. The van der Waals surface area contributed by atoms with Crippen molar-refractivity contribution in [3.05, 3.63) is 0 Å². The molecule has 0 aromatic rings. The first-order valence-corrected chi connectivity index (χ1v) is 7.26. The summed E-state index contributed by atoms with van der Waals surface area (Å²) < 4.78 is 4.45. The van der Waals surface area contributed by atoms with E-state index < -0.39 is 29.8 Å². The van der Waals surface area contributed by atoms with Crippen LogP contribution in [0, 0.1) is 5.41 Å². The fraction of sp³-hybridized carbons (Fsp3) is 0.786. The highest BCUT2D eigenvalue weighted by Crippen LogP contribution is 2.34. The molecule has 1 atom stereocenters. The van der Waals surface area contributed by atoms with E-state index in [0.29, 0.717) is 12.8 Å². The lowest BCUT2D eigenvalue weighted by Gasteiger charge is -2.31. The fourth-order valence-electron chi connectivity index (χ4n) is 2.69. The third kappa shape index (κ3) is 4.70. The Bertz CT molecular complexity index is 389. The van der Waals surface area contributed by atoms with Crippen molar-refractivity contribution >= 4 is 17.8 Å². The predicted molar refractivity (Wildman–Crippen MR) is 75.4 cm³/mol. The number of esters is 1. The van der Waals surface area contributed by atoms with Gasteiger partial charge in [0, 0.05) is 6.54 Å². The molecule has 0 saturated heterocycles. The van der Waals surface area contributed by atoms with E-state index in [1.54, 1.807) is 0 Å². The number of nitrogens with one attached hydrogen (secondary N) is 1. The summed E-state index contributed by atoms with van der Waals surface area (Å²) in [5.74, 6) is -2.30. The van der Waals surface area contributed by atoms with Gasteiger partial charge < -0.3 is 20.9 Å². The van der Waals surface area contributed by atoms with Gasteiger partial charge in [-0.3, -0.25) is 9.59 Å². The molecule has 4 N–H and O–H groups in total. The Morgan fingerprint density at radius 1 is 1.24 bits per heavy atom. The third-order valence-electron chi connectivity index (χ3n) is 4.13. The molecule has 1 saturated carbocycles. The van der Waals surface area contributed by atoms with Crippen LogP contribution in [0.1, 0.15) is 44.9 Å². The van der Waals surface area contributed by atoms with Gasteiger partial charge in [-0.2, -0.15) is 0 Å². The maximum Gasteiger partial charge on any atom is 0.326 e. The molecule has 1 rings (SSSR count). The molecule has 0 radical (unpaired) electrons. The summed E-state index contributed by atoms with van der Waals surface area (Å²) in [6.07, 6.45) is 4.83. The number of nitrogens with two attached hydrogens (primary N) is 1. The van der Waals surface area contributed by atoms with Crippen molar-refractivity contribution in [1.82, 2.24) is 5.32 Å². The van der Waals surface area contributed by atoms with Crippen LogP contribution >= 0.6 is 0 Å². The lowest BCUT2D eigenvalue weighted by molar-refractivity contribution is -0.149. The van der Waals surface area contributed by atoms with E-state index in [0.717, 1.165) is 25.7 Å². The quantitative estimate of drug-likeness (QED) is 0.483. The highest BCUT2D eigenvalue weighted by atomic mass is 16.5. The zero-order valence-corrected chi connectivity index (χ0v) is 12.4. The number of methoxy groups -OCH3 is 1. The molecule has 120 valence electrons. The van der Waals surface area contributed by atoms with Gasteiger partial charge in [-0.05, 0) is 12.8 Å². The third-order valence-corrected chi connectivity index (χ3v) is 4.13. The second-order valence-corrected chi connectivity index (χ2v) is 5.54. The van der Waals surface area contributed by atoms with E-state index in [9.17, 15) is 14.4 Å². The van der Waals surface area contributed by atoms with Crippen molar-refractivity contribution in [2.24, 2.45) is 11.1 Å². The highest BCUT2D eigenvalue weighted by Gasteiger charge is 2.39. The molecular formula is C14H24N2O5. The molecule has 0 heterocycles. The molecule has 7 nitrogen and oxygen atoms in total. The van der Waals surface area contributed by atoms with Crippen LogP contribution in [0.2, 0.25) is 0 Å². The summed E-state index contributed by atoms with van der Waals surface area (Å²) in [4.78, 5) is 34.9. The summed E-state index contributed by atoms with van der Waals surface area (Å²) in [6, 6.07) is -1.28. The van der Waals surface area contributed by atoms with Crippen LogP contribution in [0.3, 0.4) is 0 Å². The minimum absolute atomic E-state index is 0.184. The van der Waals surface area contributed by atoms with Crippen LogP contribution in [-0.2, 0) is 19.1 Å². The number of rotatable bonds is 6. The number of hydrogen-bond donors (Lipinski definition) is 3. The van der Waals surface area contributed by atoms with Crippen LogP contribution in [0.4, 0.5) is 0 Å². The minimum Gasteiger partial charge on any atom is -0.480 e. The Balaban J connectivity index is 2.78. The van der Waals surface area contributed by atoms with Crippen LogP contribution in [0.25, 0.3) is 0 Å². The first-order valence-electron chi connectivity index (χ1n) is 7.26. The van der Waals surface area contributed by atoms with Crippen LogP contribution in [-0.4, -0.2) is 42.6 Å². The molecule has 7 heteroatoms. The topological polar surface area (TPSA) is 119 Å². The Kier molecular flexibility index (Phi) is 6.61. The summed E-state index contributed by atoms with van der Waals surface area (Å²) >= 11 is 0. The molecule has 1 aliphatic carbocycles. The Morgan fingerprint density at radius 3 is 2.24 bits per heavy atom. The molecule has 1 aliphatic rings. The number of aliphatic carboxylic acids is 1. The maximum absolute atomic E-state index is 12.5. The Hall–Kier alpha value is -1.63. The van der Waals surface area contributed by atoms with E-state index in [2.05, 4.69) is 10.1 Å². The fourth-order valence-corrected chi connectivity index (χ4v) is 2.69. The molecular weight excluding hydrogens is 276 g/mol. The lowest BCUT2D eigenvalue weighted by atomic mass is 9.79. The summed E-state index contributed by atoms with van der Waals surface area (Å²) in [7, 11) is 1.18. The van der Waals surface area contributed by atoms with Gasteiger partial charge >= 0.3 is 11.9 Å². The van der Waals surface area contributed by atoms with E-state index in [4.69, 9.17) is 10.8 Å². The van der Waals surface area contributed by atoms with Gasteiger partial charge in [0.2, 0.25) is 5.91 Å². The summed E-state index contributed by atoms with van der Waals surface area (Å²) in [5, 5.41) is 11.6. The second-order valence-electron chi connectivity index (χ2n) is 5.54. The number of amides is 1. The number of carboxylic acids is 1. The molecule has 0 aromatic heterocycles. The van der Waals surface area contributed by atoms with E-state index >= 15 is 0 Å². The minimum atomic E-state index is -1.28. The van der Waals surface area contributed by atoms with Crippen LogP contribution in [0.5, 0.6) is 0 Å². The van der Waals surface area contributed by atoms with E-state index in [1.807, 2.05) is 0 Å². The SMILES string of the molecule is COC(=O)C[C@H](NC(=O)C1(CN)CCCCCC1)C(=O)O. The lowest BCUT2D eigenvalue weighted by Crippen LogP contribution is -2.52. The number of carbonyl (C=O) groups excluding carboxylic acids is 2. The van der Waals surface area contributed by atoms with Gasteiger partial charge in [0.15, 0.2) is 0 Å². The van der Waals surface area contributed by atoms with Crippen LogP contribution < -0.4 is 11.1 Å². The predicted octanol–water partition coefficient (Wildman–Crippen LogP) is 0.418. The number of carboxylic acid groups (broad SMARTS) is 1. The Morgan fingerprint density at radius 2 is 1.81 bits per heavy atom. The molecule has 0 spiro atoms. The first-order chi connectivity index (χ1) is 9.95. The highest BCUT2D eigenvalue weighted by molar-refractivity contribution is 5.90. The van der Waals surface area contributed by atoms with Gasteiger partial charge in [0.25, 0.3) is 0 Å². The average molecular weight is 300 g/mol. The molecule has 0 aromatic carbocycles. The van der Waals surface area contributed by atoms with E-state index in [1.165, 1.54) is 7.11 Å². The monoisotopic (exact) mass is 300 g/mol. The molecule has 0 aliphatic heterocycles. The summed E-state index contributed by atoms with van der Waals surface area (Å²) in [5.41, 5.74) is 5.07. The normalized spacial score (nSPS) is 19.1. The van der Waals surface area contributed by atoms with Crippen molar-refractivity contribution in [2.45, 2.75) is 51.0 Å². The van der Waals surface area contributed by atoms with Crippen molar-refractivity contribution in [2.75, 3.05) is 13.7 Å². The van der Waals surface area contributed by atoms with Crippen molar-refractivity contribution < 1.29 is 24.2 Å². The van der Waals surface area contributed by atoms with Gasteiger partial charge in [-0.1, -0.05) is 25.7 Å². The summed E-state index contributed by atoms with van der Waals surface area (Å²) in [6.45, 7) is 0.184. The first kappa shape index (κ1) is 17.4. The molecule has 0 unspecified atom stereocenters. The maximum atomic E-state index is 12.5. The van der Waals surface area contributed by atoms with Gasteiger partial charge in [0.05, 0.1) is 18.9 Å². The molecule has 1 fully saturated rings. The number of hydrogen-bond acceptors (Lipinski definition) is 5. The van der Waals surface area contributed by atoms with Gasteiger partial charge in [-0.15, -0.1) is 0 Å². The van der Waals surface area contributed by atoms with E-state index in [-0.39, 0.29) is 12.5 Å². The van der Waals surface area contributed by atoms with Crippen molar-refractivity contribution in [1.29, 1.82) is 0 Å². The van der Waals surface area contributed by atoms with Crippen molar-refractivity contribution in [3.8, 4) is 0 Å². The zero-order chi connectivity index (χ0) is 15.9. The smallest absolute Gasteiger partial charge is 0.326 e. The molecule has 0 bridgehead atoms. The zero-order valence-electron chi connectivity index (χ0n) is 12.4. The van der Waals surface area contributed by atoms with Gasteiger partial charge in [0.1, 0.15) is 6.04 Å².